The van der Waals surface area contributed by atoms with Crippen molar-refractivity contribution in [2.45, 2.75) is 33.4 Å². The first-order valence-corrected chi connectivity index (χ1v) is 7.55. The maximum atomic E-state index is 12.3. The third kappa shape index (κ3) is 4.25. The summed E-state index contributed by atoms with van der Waals surface area (Å²) in [7, 11) is 4.00. The molecule has 0 fully saturated rings. The number of nitrogens with zero attached hydrogens (tertiary/aromatic N) is 4. The van der Waals surface area contributed by atoms with Crippen molar-refractivity contribution in [1.29, 1.82) is 0 Å². The van der Waals surface area contributed by atoms with Gasteiger partial charge in [0.1, 0.15) is 5.56 Å². The van der Waals surface area contributed by atoms with Crippen LogP contribution in [-0.2, 0) is 13.1 Å². The highest BCUT2D eigenvalue weighted by molar-refractivity contribution is 7.71. The van der Waals surface area contributed by atoms with E-state index in [1.165, 1.54) is 10.8 Å². The zero-order valence-electron chi connectivity index (χ0n) is 13.2. The van der Waals surface area contributed by atoms with Crippen LogP contribution in [0, 0.1) is 4.77 Å². The lowest BCUT2D eigenvalue weighted by atomic mass is 10.3. The van der Waals surface area contributed by atoms with E-state index >= 15 is 0 Å². The van der Waals surface area contributed by atoms with E-state index in [-0.39, 0.29) is 17.0 Å². The molecule has 0 unspecified atom stereocenters. The van der Waals surface area contributed by atoms with Crippen molar-refractivity contribution in [1.82, 2.24) is 14.0 Å². The van der Waals surface area contributed by atoms with Gasteiger partial charge in [0, 0.05) is 25.8 Å². The second-order valence-corrected chi connectivity index (χ2v) is 5.37. The van der Waals surface area contributed by atoms with Crippen LogP contribution >= 0.6 is 12.2 Å². The molecule has 0 bridgehead atoms. The van der Waals surface area contributed by atoms with Crippen molar-refractivity contribution in [2.75, 3.05) is 27.2 Å². The van der Waals surface area contributed by atoms with Crippen LogP contribution < -0.4 is 5.56 Å². The molecule has 1 aromatic heterocycles. The first-order valence-electron chi connectivity index (χ1n) is 7.15. The molecule has 118 valence electrons. The molecule has 0 aliphatic heterocycles. The Labute approximate surface area is 130 Å². The zero-order valence-corrected chi connectivity index (χ0v) is 14.0. The van der Waals surface area contributed by atoms with Crippen molar-refractivity contribution in [2.24, 2.45) is 4.99 Å². The van der Waals surface area contributed by atoms with Gasteiger partial charge in [0.05, 0.1) is 0 Å². The van der Waals surface area contributed by atoms with Crippen LogP contribution in [0.15, 0.2) is 9.79 Å². The minimum absolute atomic E-state index is 0.103. The number of hydrogen-bond donors (Lipinski definition) is 1. The molecule has 0 aromatic carbocycles. The third-order valence-electron chi connectivity index (χ3n) is 3.18. The summed E-state index contributed by atoms with van der Waals surface area (Å²) in [5.74, 6) is -0.103. The smallest absolute Gasteiger partial charge is 0.267 e. The Kier molecular flexibility index (Phi) is 6.77. The molecule has 0 saturated heterocycles. The fraction of sp³-hybridized carbons (Fsp3) is 0.643. The first kappa shape index (κ1) is 17.6. The molecule has 1 aromatic rings. The Hall–Kier alpha value is -1.47. The van der Waals surface area contributed by atoms with Gasteiger partial charge in [-0.1, -0.05) is 0 Å². The molecule has 21 heavy (non-hydrogen) atoms. The van der Waals surface area contributed by atoms with E-state index in [4.69, 9.17) is 12.2 Å². The third-order valence-corrected chi connectivity index (χ3v) is 3.62. The fourth-order valence-corrected chi connectivity index (χ4v) is 2.45. The Balaban J connectivity index is 3.10. The normalized spacial score (nSPS) is 11.7. The van der Waals surface area contributed by atoms with Gasteiger partial charge in [0.25, 0.3) is 5.56 Å². The van der Waals surface area contributed by atoms with Gasteiger partial charge in [-0.25, -0.2) is 0 Å². The van der Waals surface area contributed by atoms with Crippen LogP contribution in [0.3, 0.4) is 0 Å². The van der Waals surface area contributed by atoms with Crippen molar-refractivity contribution < 1.29 is 5.11 Å². The molecule has 0 radical (unpaired) electrons. The monoisotopic (exact) mass is 312 g/mol. The van der Waals surface area contributed by atoms with Crippen LogP contribution in [0.25, 0.3) is 0 Å². The lowest BCUT2D eigenvalue weighted by molar-refractivity contribution is 0.399. The summed E-state index contributed by atoms with van der Waals surface area (Å²) in [6, 6.07) is 0. The SMILES string of the molecule is CCn1c(O)c(C=NCCCN(C)C)c(=O)n(CC)c1=S. The number of aliphatic imine (C=N–C) groups is 1. The summed E-state index contributed by atoms with van der Waals surface area (Å²) in [6.45, 7) is 6.25. The molecule has 0 amide bonds. The minimum atomic E-state index is -0.291. The number of hydrogen-bond acceptors (Lipinski definition) is 5. The standard InChI is InChI=1S/C14H24N4O2S/c1-5-17-12(19)11(10-15-8-7-9-16(3)4)13(20)18(6-2)14(17)21/h10,19H,5-9H2,1-4H3. The highest BCUT2D eigenvalue weighted by Crippen LogP contribution is 2.12. The highest BCUT2D eigenvalue weighted by Gasteiger charge is 2.13. The summed E-state index contributed by atoms with van der Waals surface area (Å²) >= 11 is 5.22. The molecule has 0 atom stereocenters. The molecule has 7 heteroatoms. The Morgan fingerprint density at radius 1 is 1.29 bits per heavy atom. The maximum absolute atomic E-state index is 12.3. The van der Waals surface area contributed by atoms with Crippen LogP contribution in [-0.4, -0.2) is 52.5 Å². The van der Waals surface area contributed by atoms with E-state index in [0.717, 1.165) is 13.0 Å². The van der Waals surface area contributed by atoms with Crippen molar-refractivity contribution in [3.8, 4) is 5.88 Å². The number of aromatic nitrogens is 2. The van der Waals surface area contributed by atoms with E-state index in [0.29, 0.717) is 24.4 Å². The molecule has 6 nitrogen and oxygen atoms in total. The molecule has 0 aliphatic rings. The topological polar surface area (TPSA) is 62.8 Å². The molecular formula is C14H24N4O2S. The average Bonchev–Trinajstić information content (AvgIpc) is 2.42. The predicted octanol–water partition coefficient (Wildman–Crippen LogP) is 1.50. The summed E-state index contributed by atoms with van der Waals surface area (Å²) in [6.07, 6.45) is 2.36. The molecule has 0 aliphatic carbocycles. The maximum Gasteiger partial charge on any atom is 0.267 e. The lowest BCUT2D eigenvalue weighted by Gasteiger charge is -2.13. The van der Waals surface area contributed by atoms with Gasteiger partial charge in [-0.2, -0.15) is 0 Å². The van der Waals surface area contributed by atoms with Crippen LogP contribution in [0.5, 0.6) is 5.88 Å². The van der Waals surface area contributed by atoms with Gasteiger partial charge in [-0.15, -0.1) is 0 Å². The number of rotatable bonds is 7. The van der Waals surface area contributed by atoms with Crippen molar-refractivity contribution in [3.05, 3.63) is 20.7 Å². The second-order valence-electron chi connectivity index (χ2n) is 5.01. The van der Waals surface area contributed by atoms with Crippen LogP contribution in [0.1, 0.15) is 25.8 Å². The Bertz CT molecular complexity index is 617. The van der Waals surface area contributed by atoms with Gasteiger partial charge in [-0.05, 0) is 53.1 Å². The Morgan fingerprint density at radius 2 is 1.90 bits per heavy atom. The molecule has 0 saturated carbocycles. The summed E-state index contributed by atoms with van der Waals surface area (Å²) < 4.78 is 3.36. The predicted molar refractivity (Wildman–Crippen MR) is 88.2 cm³/mol. The fourth-order valence-electron chi connectivity index (χ4n) is 2.02. The van der Waals surface area contributed by atoms with Gasteiger partial charge in [-0.3, -0.25) is 18.9 Å². The van der Waals surface area contributed by atoms with E-state index in [2.05, 4.69) is 9.89 Å². The van der Waals surface area contributed by atoms with Crippen LogP contribution in [0.2, 0.25) is 0 Å². The van der Waals surface area contributed by atoms with Gasteiger partial charge < -0.3 is 10.0 Å². The van der Waals surface area contributed by atoms with Gasteiger partial charge >= 0.3 is 0 Å². The van der Waals surface area contributed by atoms with E-state index in [1.54, 1.807) is 4.57 Å². The second kappa shape index (κ2) is 8.09. The van der Waals surface area contributed by atoms with E-state index in [1.807, 2.05) is 27.9 Å². The van der Waals surface area contributed by atoms with E-state index in [9.17, 15) is 9.90 Å². The largest absolute Gasteiger partial charge is 0.494 e. The van der Waals surface area contributed by atoms with Gasteiger partial charge in [0.15, 0.2) is 4.77 Å². The average molecular weight is 312 g/mol. The quantitative estimate of drug-likeness (QED) is 0.471. The molecule has 1 N–H and O–H groups in total. The molecule has 1 heterocycles. The lowest BCUT2D eigenvalue weighted by Crippen LogP contribution is -2.28. The Morgan fingerprint density at radius 3 is 2.43 bits per heavy atom. The molecule has 0 spiro atoms. The summed E-state index contributed by atoms with van der Waals surface area (Å²) in [5, 5.41) is 10.2. The zero-order chi connectivity index (χ0) is 16.0. The minimum Gasteiger partial charge on any atom is -0.494 e. The molecular weight excluding hydrogens is 288 g/mol. The summed E-state index contributed by atoms with van der Waals surface area (Å²) in [5.41, 5.74) is -0.0850. The van der Waals surface area contributed by atoms with E-state index < -0.39 is 0 Å². The molecule has 1 rings (SSSR count). The van der Waals surface area contributed by atoms with Crippen molar-refractivity contribution in [3.63, 3.8) is 0 Å². The summed E-state index contributed by atoms with van der Waals surface area (Å²) in [4.78, 5) is 18.6. The van der Waals surface area contributed by atoms with Gasteiger partial charge in [0.2, 0.25) is 5.88 Å². The van der Waals surface area contributed by atoms with Crippen molar-refractivity contribution >= 4 is 18.4 Å². The first-order chi connectivity index (χ1) is 9.93. The van der Waals surface area contributed by atoms with Crippen LogP contribution in [0.4, 0.5) is 0 Å². The number of aromatic hydroxyl groups is 1. The highest BCUT2D eigenvalue weighted by atomic mass is 32.1.